The van der Waals surface area contributed by atoms with Crippen molar-refractivity contribution in [2.45, 2.75) is 70.6 Å². The normalized spacial score (nSPS) is 24.9. The van der Waals surface area contributed by atoms with Crippen LogP contribution in [0, 0.1) is 0 Å². The summed E-state index contributed by atoms with van der Waals surface area (Å²) in [7, 11) is 0. The lowest BCUT2D eigenvalue weighted by Gasteiger charge is -2.43. The third-order valence-electron chi connectivity index (χ3n) is 5.00. The van der Waals surface area contributed by atoms with Gasteiger partial charge in [-0.15, -0.1) is 0 Å². The average Bonchev–Trinajstić information content (AvgIpc) is 2.52. The first-order valence-electron chi connectivity index (χ1n) is 9.37. The maximum absolute atomic E-state index is 12.4. The number of hydrogen-bond donors (Lipinski definition) is 2. The first-order chi connectivity index (χ1) is 11.2. The molecule has 1 atom stereocenters. The van der Waals surface area contributed by atoms with E-state index in [1.807, 2.05) is 25.7 Å². The van der Waals surface area contributed by atoms with E-state index in [-0.39, 0.29) is 6.09 Å². The topological polar surface area (TPSA) is 65.0 Å². The lowest BCUT2D eigenvalue weighted by Crippen LogP contribution is -2.56. The van der Waals surface area contributed by atoms with E-state index in [1.54, 1.807) is 0 Å². The van der Waals surface area contributed by atoms with E-state index in [0.29, 0.717) is 19.1 Å². The number of likely N-dealkylation sites (tertiary alicyclic amines) is 1. The van der Waals surface area contributed by atoms with Gasteiger partial charge >= 0.3 is 6.09 Å². The van der Waals surface area contributed by atoms with Gasteiger partial charge in [-0.3, -0.25) is 4.90 Å². The molecule has 0 aromatic carbocycles. The first-order valence-corrected chi connectivity index (χ1v) is 9.37. The molecule has 0 aromatic rings. The monoisotopic (exact) mass is 341 g/mol. The van der Waals surface area contributed by atoms with Gasteiger partial charge in [-0.1, -0.05) is 6.92 Å². The second-order valence-electron chi connectivity index (χ2n) is 8.26. The maximum atomic E-state index is 12.4. The number of carbonyl (C=O) groups is 1. The summed E-state index contributed by atoms with van der Waals surface area (Å²) in [6.07, 6.45) is 3.43. The van der Waals surface area contributed by atoms with E-state index in [9.17, 15) is 9.90 Å². The van der Waals surface area contributed by atoms with Crippen LogP contribution in [0.4, 0.5) is 4.79 Å². The molecule has 6 nitrogen and oxygen atoms in total. The number of nitrogens with zero attached hydrogens (tertiary/aromatic N) is 2. The number of likely N-dealkylation sites (N-methyl/N-ethyl adjacent to an activating group) is 1. The van der Waals surface area contributed by atoms with Gasteiger partial charge in [0.15, 0.2) is 0 Å². The predicted octanol–water partition coefficient (Wildman–Crippen LogP) is 1.82. The van der Waals surface area contributed by atoms with Gasteiger partial charge in [0.25, 0.3) is 0 Å². The molecule has 2 N–H and O–H groups in total. The molecule has 0 bridgehead atoms. The minimum absolute atomic E-state index is 0.219. The van der Waals surface area contributed by atoms with Gasteiger partial charge in [-0.25, -0.2) is 4.79 Å². The highest BCUT2D eigenvalue weighted by atomic mass is 16.6. The Kier molecular flexibility index (Phi) is 6.51. The molecular weight excluding hydrogens is 306 g/mol. The fraction of sp³-hybridized carbons (Fsp3) is 0.944. The van der Waals surface area contributed by atoms with Crippen LogP contribution in [0.25, 0.3) is 0 Å². The molecule has 2 rings (SSSR count). The summed E-state index contributed by atoms with van der Waals surface area (Å²) in [5.74, 6) is 0. The minimum Gasteiger partial charge on any atom is -0.444 e. The maximum Gasteiger partial charge on any atom is 0.410 e. The van der Waals surface area contributed by atoms with Gasteiger partial charge in [0.05, 0.1) is 5.60 Å². The summed E-state index contributed by atoms with van der Waals surface area (Å²) < 4.78 is 5.52. The lowest BCUT2D eigenvalue weighted by atomic mass is 9.90. The van der Waals surface area contributed by atoms with Gasteiger partial charge in [-0.2, -0.15) is 0 Å². The van der Waals surface area contributed by atoms with Crippen molar-refractivity contribution in [3.63, 3.8) is 0 Å². The molecule has 0 aliphatic carbocycles. The number of rotatable bonds is 4. The second-order valence-corrected chi connectivity index (χ2v) is 8.26. The van der Waals surface area contributed by atoms with Crippen molar-refractivity contribution in [3.8, 4) is 0 Å². The van der Waals surface area contributed by atoms with Gasteiger partial charge in [0, 0.05) is 25.7 Å². The Labute approximate surface area is 146 Å². The fourth-order valence-electron chi connectivity index (χ4n) is 3.67. The first kappa shape index (κ1) is 19.5. The second kappa shape index (κ2) is 8.02. The summed E-state index contributed by atoms with van der Waals surface area (Å²) in [5, 5.41) is 14.2. The number of ether oxygens (including phenoxy) is 1. The molecule has 24 heavy (non-hydrogen) atoms. The molecule has 1 unspecified atom stereocenters. The summed E-state index contributed by atoms with van der Waals surface area (Å²) >= 11 is 0. The summed E-state index contributed by atoms with van der Waals surface area (Å²) in [4.78, 5) is 16.5. The number of piperidine rings is 2. The van der Waals surface area contributed by atoms with Crippen molar-refractivity contribution in [2.24, 2.45) is 0 Å². The van der Waals surface area contributed by atoms with Crippen LogP contribution >= 0.6 is 0 Å². The van der Waals surface area contributed by atoms with Crippen LogP contribution in [-0.2, 0) is 4.74 Å². The Morgan fingerprint density at radius 2 is 2.04 bits per heavy atom. The van der Waals surface area contributed by atoms with Crippen LogP contribution in [-0.4, -0.2) is 77.5 Å². The van der Waals surface area contributed by atoms with Gasteiger partial charge in [-0.05, 0) is 66.1 Å². The van der Waals surface area contributed by atoms with Crippen LogP contribution in [0.2, 0.25) is 0 Å². The molecule has 0 spiro atoms. The molecule has 2 heterocycles. The Balaban J connectivity index is 1.94. The van der Waals surface area contributed by atoms with Gasteiger partial charge in [0.1, 0.15) is 5.60 Å². The van der Waals surface area contributed by atoms with Crippen LogP contribution in [0.3, 0.4) is 0 Å². The van der Waals surface area contributed by atoms with E-state index in [0.717, 1.165) is 51.9 Å². The number of aliphatic hydroxyl groups is 1. The standard InChI is InChI=1S/C18H35N3O3/c1-5-20(14-18(23)8-10-19-11-9-18)15-7-6-12-21(13-15)16(22)24-17(2,3)4/h15,19,23H,5-14H2,1-4H3. The Morgan fingerprint density at radius 1 is 1.38 bits per heavy atom. The highest BCUT2D eigenvalue weighted by molar-refractivity contribution is 5.68. The van der Waals surface area contributed by atoms with Crippen molar-refractivity contribution in [3.05, 3.63) is 0 Å². The molecule has 2 aliphatic heterocycles. The smallest absolute Gasteiger partial charge is 0.410 e. The van der Waals surface area contributed by atoms with Crippen molar-refractivity contribution < 1.29 is 14.6 Å². The van der Waals surface area contributed by atoms with E-state index < -0.39 is 11.2 Å². The third kappa shape index (κ3) is 5.60. The number of amides is 1. The quantitative estimate of drug-likeness (QED) is 0.817. The molecule has 140 valence electrons. The Morgan fingerprint density at radius 3 is 2.62 bits per heavy atom. The molecule has 2 fully saturated rings. The molecule has 0 radical (unpaired) electrons. The third-order valence-corrected chi connectivity index (χ3v) is 5.00. The zero-order valence-electron chi connectivity index (χ0n) is 15.8. The van der Waals surface area contributed by atoms with E-state index in [1.165, 1.54) is 0 Å². The zero-order valence-corrected chi connectivity index (χ0v) is 15.8. The lowest BCUT2D eigenvalue weighted by molar-refractivity contribution is -0.0398. The highest BCUT2D eigenvalue weighted by Gasteiger charge is 2.35. The molecular formula is C18H35N3O3. The zero-order chi connectivity index (χ0) is 17.8. The van der Waals surface area contributed by atoms with Crippen LogP contribution in [0.1, 0.15) is 53.4 Å². The fourth-order valence-corrected chi connectivity index (χ4v) is 3.67. The minimum atomic E-state index is -0.602. The molecule has 0 aromatic heterocycles. The van der Waals surface area contributed by atoms with E-state index in [2.05, 4.69) is 17.1 Å². The van der Waals surface area contributed by atoms with E-state index in [4.69, 9.17) is 4.74 Å². The Bertz CT molecular complexity index is 416. The van der Waals surface area contributed by atoms with Crippen molar-refractivity contribution in [1.82, 2.24) is 15.1 Å². The largest absolute Gasteiger partial charge is 0.444 e. The SMILES string of the molecule is CCN(CC1(O)CCNCC1)C1CCCN(C(=O)OC(C)(C)C)C1. The number of carbonyl (C=O) groups excluding carboxylic acids is 1. The molecule has 6 heteroatoms. The average molecular weight is 341 g/mol. The molecule has 2 aliphatic rings. The summed E-state index contributed by atoms with van der Waals surface area (Å²) in [6.45, 7) is 12.6. The summed E-state index contributed by atoms with van der Waals surface area (Å²) in [6, 6.07) is 0.301. The van der Waals surface area contributed by atoms with Gasteiger partial charge < -0.3 is 20.1 Å². The Hall–Kier alpha value is -0.850. The van der Waals surface area contributed by atoms with Crippen LogP contribution in [0.15, 0.2) is 0 Å². The number of nitrogens with one attached hydrogen (secondary N) is 1. The van der Waals surface area contributed by atoms with E-state index >= 15 is 0 Å². The van der Waals surface area contributed by atoms with Crippen LogP contribution in [0.5, 0.6) is 0 Å². The highest BCUT2D eigenvalue weighted by Crippen LogP contribution is 2.24. The molecule has 2 saturated heterocycles. The number of hydrogen-bond acceptors (Lipinski definition) is 5. The van der Waals surface area contributed by atoms with Crippen molar-refractivity contribution in [2.75, 3.05) is 39.3 Å². The van der Waals surface area contributed by atoms with Crippen molar-refractivity contribution >= 4 is 6.09 Å². The predicted molar refractivity (Wildman–Crippen MR) is 95.1 cm³/mol. The van der Waals surface area contributed by atoms with Gasteiger partial charge in [0.2, 0.25) is 0 Å². The van der Waals surface area contributed by atoms with Crippen molar-refractivity contribution in [1.29, 1.82) is 0 Å². The van der Waals surface area contributed by atoms with Crippen LogP contribution < -0.4 is 5.32 Å². The summed E-state index contributed by atoms with van der Waals surface area (Å²) in [5.41, 5.74) is -1.06. The molecule has 0 saturated carbocycles. The molecule has 1 amide bonds.